The van der Waals surface area contributed by atoms with Crippen LogP contribution in [0, 0.1) is 10.1 Å². The molecule has 2 aliphatic heterocycles. The van der Waals surface area contributed by atoms with Crippen molar-refractivity contribution in [3.8, 4) is 0 Å². The molecule has 2 aliphatic rings. The lowest BCUT2D eigenvalue weighted by Gasteiger charge is -2.38. The lowest BCUT2D eigenvalue weighted by atomic mass is 10.0. The van der Waals surface area contributed by atoms with Crippen molar-refractivity contribution in [3.05, 3.63) is 50.9 Å². The van der Waals surface area contributed by atoms with Gasteiger partial charge in [-0.2, -0.15) is 0 Å². The minimum Gasteiger partial charge on any atom is -0.459 e. The highest BCUT2D eigenvalue weighted by molar-refractivity contribution is 8.03. The van der Waals surface area contributed by atoms with Crippen LogP contribution in [0.1, 0.15) is 12.0 Å². The van der Waals surface area contributed by atoms with E-state index in [9.17, 15) is 19.7 Å². The minimum atomic E-state index is -0.679. The van der Waals surface area contributed by atoms with Gasteiger partial charge in [-0.15, -0.1) is 11.8 Å². The number of hydrogen-bond donors (Lipinski definition) is 0. The molecule has 9 heteroatoms. The number of non-ortho nitro benzene ring substituents is 1. The molecule has 0 bridgehead atoms. The Labute approximate surface area is 161 Å². The second-order valence-corrected chi connectivity index (χ2v) is 7.90. The van der Waals surface area contributed by atoms with Crippen LogP contribution < -0.4 is 0 Å². The molecule has 27 heavy (non-hydrogen) atoms. The summed E-state index contributed by atoms with van der Waals surface area (Å²) in [5.41, 5.74) is 0.640. The molecule has 0 saturated carbocycles. The third kappa shape index (κ3) is 4.30. The van der Waals surface area contributed by atoms with E-state index in [1.165, 1.54) is 12.1 Å². The molecule has 1 fully saturated rings. The Morgan fingerprint density at radius 2 is 2.07 bits per heavy atom. The molecule has 1 amide bonds. The predicted molar refractivity (Wildman–Crippen MR) is 101 cm³/mol. The fourth-order valence-corrected chi connectivity index (χ4v) is 4.31. The third-order valence-corrected chi connectivity index (χ3v) is 5.57. The number of β-lactam (4-membered cyclic amide) rings is 1. The van der Waals surface area contributed by atoms with Gasteiger partial charge in [0.15, 0.2) is 6.04 Å². The van der Waals surface area contributed by atoms with Crippen LogP contribution in [0.4, 0.5) is 5.69 Å². The highest BCUT2D eigenvalue weighted by Crippen LogP contribution is 2.39. The number of hydrogen-bond acceptors (Lipinski definition) is 7. The number of ether oxygens (including phenoxy) is 1. The smallest absolute Gasteiger partial charge is 0.334 e. The molecule has 2 atom stereocenters. The number of carbonyl (C=O) groups is 2. The largest absolute Gasteiger partial charge is 0.459 e. The van der Waals surface area contributed by atoms with Gasteiger partial charge in [0.1, 0.15) is 6.61 Å². The Balaban J connectivity index is 1.61. The highest BCUT2D eigenvalue weighted by Gasteiger charge is 2.49. The molecule has 0 aliphatic carbocycles. The Bertz CT molecular complexity index is 778. The van der Waals surface area contributed by atoms with Gasteiger partial charge in [-0.1, -0.05) is 0 Å². The second kappa shape index (κ2) is 8.10. The van der Waals surface area contributed by atoms with Crippen molar-refractivity contribution in [1.82, 2.24) is 9.80 Å². The summed E-state index contributed by atoms with van der Waals surface area (Å²) < 4.78 is 5.40. The van der Waals surface area contributed by atoms with Gasteiger partial charge in [-0.3, -0.25) is 14.9 Å². The monoisotopic (exact) mass is 391 g/mol. The van der Waals surface area contributed by atoms with Crippen molar-refractivity contribution in [2.24, 2.45) is 0 Å². The van der Waals surface area contributed by atoms with E-state index in [1.807, 2.05) is 20.2 Å². The van der Waals surface area contributed by atoms with Crippen LogP contribution in [0.25, 0.3) is 0 Å². The number of thioether (sulfide) groups is 1. The molecule has 1 saturated heterocycles. The number of esters is 1. The average molecular weight is 391 g/mol. The van der Waals surface area contributed by atoms with E-state index < -0.39 is 16.9 Å². The Hall–Kier alpha value is -2.39. The summed E-state index contributed by atoms with van der Waals surface area (Å²) in [5, 5.41) is 10.7. The highest BCUT2D eigenvalue weighted by atomic mass is 32.2. The maximum absolute atomic E-state index is 12.6. The van der Waals surface area contributed by atoms with Crippen molar-refractivity contribution in [1.29, 1.82) is 0 Å². The zero-order chi connectivity index (χ0) is 19.6. The molecule has 3 rings (SSSR count). The number of benzene rings is 1. The van der Waals surface area contributed by atoms with Gasteiger partial charge in [0.2, 0.25) is 5.91 Å². The molecular weight excluding hydrogens is 370 g/mol. The molecule has 8 nitrogen and oxygen atoms in total. The number of carbonyl (C=O) groups excluding carboxylic acids is 2. The summed E-state index contributed by atoms with van der Waals surface area (Å²) in [4.78, 5) is 39.3. The molecule has 1 unspecified atom stereocenters. The van der Waals surface area contributed by atoms with E-state index in [1.54, 1.807) is 28.8 Å². The normalized spacial score (nSPS) is 20.9. The lowest BCUT2D eigenvalue weighted by molar-refractivity contribution is -0.384. The first-order valence-corrected chi connectivity index (χ1v) is 9.55. The number of fused-ring (bicyclic) bond motifs is 1. The zero-order valence-electron chi connectivity index (χ0n) is 15.2. The van der Waals surface area contributed by atoms with Gasteiger partial charge in [-0.25, -0.2) is 4.79 Å². The first-order chi connectivity index (χ1) is 12.9. The topological polar surface area (TPSA) is 93.0 Å². The Morgan fingerprint density at radius 3 is 2.67 bits per heavy atom. The maximum atomic E-state index is 12.6. The number of nitrogens with zero attached hydrogens (tertiary/aromatic N) is 3. The molecule has 1 aromatic rings. The van der Waals surface area contributed by atoms with Crippen molar-refractivity contribution in [2.75, 3.05) is 26.4 Å². The fraction of sp³-hybridized carbons (Fsp3) is 0.444. The molecule has 2 heterocycles. The fourth-order valence-electron chi connectivity index (χ4n) is 3.00. The zero-order valence-corrected chi connectivity index (χ0v) is 16.0. The van der Waals surface area contributed by atoms with Gasteiger partial charge >= 0.3 is 5.97 Å². The van der Waals surface area contributed by atoms with Crippen LogP contribution in [-0.4, -0.2) is 65.1 Å². The van der Waals surface area contributed by atoms with Gasteiger partial charge in [0.25, 0.3) is 5.69 Å². The standard InChI is InChI=1S/C18H21N3O5S/c1-19(2)7-8-27-15-9-14-10-16(22)20(14)17(15)18(23)26-11-12-3-5-13(6-4-12)21(24)25/h3-6,9,14,17H,7-8,10-11H2,1-2H3/t14?,17-/m0/s1. The molecular formula is C18H21N3O5S. The summed E-state index contributed by atoms with van der Waals surface area (Å²) in [6.45, 7) is 0.876. The number of nitro groups is 1. The summed E-state index contributed by atoms with van der Waals surface area (Å²) in [6, 6.07) is 5.16. The molecule has 1 aromatic carbocycles. The van der Waals surface area contributed by atoms with Crippen LogP contribution in [0.15, 0.2) is 35.2 Å². The van der Waals surface area contributed by atoms with E-state index in [2.05, 4.69) is 4.90 Å². The van der Waals surface area contributed by atoms with Gasteiger partial charge in [0.05, 0.1) is 17.4 Å². The second-order valence-electron chi connectivity index (χ2n) is 6.73. The van der Waals surface area contributed by atoms with Crippen LogP contribution in [0.3, 0.4) is 0 Å². The maximum Gasteiger partial charge on any atom is 0.334 e. The van der Waals surface area contributed by atoms with E-state index in [0.29, 0.717) is 12.0 Å². The predicted octanol–water partition coefficient (Wildman–Crippen LogP) is 1.80. The van der Waals surface area contributed by atoms with Crippen LogP contribution in [0.2, 0.25) is 0 Å². The molecule has 0 aromatic heterocycles. The molecule has 0 spiro atoms. The van der Waals surface area contributed by atoms with Gasteiger partial charge in [-0.05, 0) is 37.9 Å². The lowest BCUT2D eigenvalue weighted by Crippen LogP contribution is -2.55. The van der Waals surface area contributed by atoms with Crippen LogP contribution in [-0.2, 0) is 20.9 Å². The van der Waals surface area contributed by atoms with Gasteiger partial charge < -0.3 is 14.5 Å². The Morgan fingerprint density at radius 1 is 1.37 bits per heavy atom. The first kappa shape index (κ1) is 19.4. The van der Waals surface area contributed by atoms with Crippen LogP contribution >= 0.6 is 11.8 Å². The summed E-state index contributed by atoms with van der Waals surface area (Å²) in [6.07, 6.45) is 2.42. The minimum absolute atomic E-state index is 0.00959. The molecule has 0 N–H and O–H groups in total. The molecule has 0 radical (unpaired) electrons. The number of rotatable bonds is 8. The summed E-state index contributed by atoms with van der Waals surface area (Å²) >= 11 is 1.57. The van der Waals surface area contributed by atoms with Crippen molar-refractivity contribution >= 4 is 29.3 Å². The number of nitro benzene ring substituents is 1. The SMILES string of the molecule is CN(C)CCSC1=CC2CC(=O)N2[C@@H]1C(=O)OCc1ccc([N+](=O)[O-])cc1. The average Bonchev–Trinajstić information content (AvgIpc) is 2.92. The summed E-state index contributed by atoms with van der Waals surface area (Å²) in [7, 11) is 3.96. The summed E-state index contributed by atoms with van der Waals surface area (Å²) in [5.74, 6) is 0.309. The van der Waals surface area contributed by atoms with E-state index in [0.717, 1.165) is 17.2 Å². The van der Waals surface area contributed by atoms with E-state index in [4.69, 9.17) is 4.74 Å². The van der Waals surface area contributed by atoms with Crippen molar-refractivity contribution < 1.29 is 19.2 Å². The quantitative estimate of drug-likeness (QED) is 0.289. The third-order valence-electron chi connectivity index (χ3n) is 4.49. The van der Waals surface area contributed by atoms with Gasteiger partial charge in [0, 0.05) is 29.3 Å². The van der Waals surface area contributed by atoms with E-state index >= 15 is 0 Å². The van der Waals surface area contributed by atoms with Crippen LogP contribution in [0.5, 0.6) is 0 Å². The number of amides is 1. The first-order valence-electron chi connectivity index (χ1n) is 8.57. The molecule has 144 valence electrons. The van der Waals surface area contributed by atoms with Crippen molar-refractivity contribution in [3.63, 3.8) is 0 Å². The van der Waals surface area contributed by atoms with E-state index in [-0.39, 0.29) is 24.2 Å². The van der Waals surface area contributed by atoms with Crippen molar-refractivity contribution in [2.45, 2.75) is 25.1 Å². The Kier molecular flexibility index (Phi) is 5.81.